The Hall–Kier alpha value is -0.770. The fourth-order valence-corrected chi connectivity index (χ4v) is 0.584. The first-order chi connectivity index (χ1) is 5.52. The molecule has 72 valence electrons. The van der Waals surface area contributed by atoms with Gasteiger partial charge in [0, 0.05) is 6.42 Å². The molecule has 0 atom stereocenters. The summed E-state index contributed by atoms with van der Waals surface area (Å²) in [6.07, 6.45) is 1.42. The van der Waals surface area contributed by atoms with E-state index in [4.69, 9.17) is 15.7 Å². The topological polar surface area (TPSA) is 67.8 Å². The Balaban J connectivity index is 3.56. The van der Waals surface area contributed by atoms with Gasteiger partial charge in [-0.05, 0) is 20.3 Å². The Labute approximate surface area is 73.4 Å². The van der Waals surface area contributed by atoms with Crippen LogP contribution in [0.5, 0.6) is 0 Å². The molecule has 0 unspecified atom stereocenters. The van der Waals surface area contributed by atoms with Crippen molar-refractivity contribution in [3.05, 3.63) is 0 Å². The van der Waals surface area contributed by atoms with Crippen molar-refractivity contribution in [3.8, 4) is 0 Å². The van der Waals surface area contributed by atoms with Crippen LogP contribution in [0.4, 0.5) is 0 Å². The molecule has 0 spiro atoms. The fraction of sp³-hybridized carbons (Fsp3) is 0.875. The molecule has 0 aliphatic carbocycles. The Kier molecular flexibility index (Phi) is 4.66. The summed E-state index contributed by atoms with van der Waals surface area (Å²) < 4.78 is 5.48. The summed E-state index contributed by atoms with van der Waals surface area (Å²) in [5, 5.41) is 11.1. The van der Waals surface area contributed by atoms with Gasteiger partial charge in [-0.3, -0.25) is 0 Å². The van der Waals surface area contributed by atoms with Gasteiger partial charge in [0.05, 0.1) is 12.2 Å². The highest BCUT2D eigenvalue weighted by Crippen LogP contribution is 2.13. The molecule has 0 aromatic rings. The highest BCUT2D eigenvalue weighted by molar-refractivity contribution is 5.79. The van der Waals surface area contributed by atoms with E-state index < -0.39 is 0 Å². The van der Waals surface area contributed by atoms with Gasteiger partial charge in [0.25, 0.3) is 0 Å². The first-order valence-corrected chi connectivity index (χ1v) is 4.12. The smallest absolute Gasteiger partial charge is 0.141 e. The minimum Gasteiger partial charge on any atom is -0.409 e. The number of hydrogen-bond donors (Lipinski definition) is 2. The zero-order valence-electron chi connectivity index (χ0n) is 8.00. The van der Waals surface area contributed by atoms with Crippen LogP contribution in [0.3, 0.4) is 0 Å². The number of hydrogen-bond acceptors (Lipinski definition) is 3. The molecular weight excluding hydrogens is 156 g/mol. The van der Waals surface area contributed by atoms with Gasteiger partial charge in [0.15, 0.2) is 0 Å². The fourth-order valence-electron chi connectivity index (χ4n) is 0.584. The van der Waals surface area contributed by atoms with E-state index in [0.29, 0.717) is 13.0 Å². The van der Waals surface area contributed by atoms with Gasteiger partial charge >= 0.3 is 0 Å². The summed E-state index contributed by atoms with van der Waals surface area (Å²) in [6, 6.07) is 0. The zero-order chi connectivity index (χ0) is 9.61. The second-order valence-corrected chi connectivity index (χ2v) is 3.30. The minimum atomic E-state index is -0.115. The van der Waals surface area contributed by atoms with Crippen LogP contribution >= 0.6 is 0 Å². The lowest BCUT2D eigenvalue weighted by molar-refractivity contribution is -0.0164. The third-order valence-corrected chi connectivity index (χ3v) is 1.83. The van der Waals surface area contributed by atoms with E-state index in [1.54, 1.807) is 0 Å². The molecule has 0 bridgehead atoms. The van der Waals surface area contributed by atoms with E-state index in [9.17, 15) is 0 Å². The van der Waals surface area contributed by atoms with Crippen LogP contribution in [0, 0.1) is 0 Å². The molecule has 4 heteroatoms. The van der Waals surface area contributed by atoms with Crippen LogP contribution in [0.2, 0.25) is 0 Å². The quantitative estimate of drug-likeness (QED) is 0.286. The van der Waals surface area contributed by atoms with Crippen molar-refractivity contribution in [3.63, 3.8) is 0 Å². The molecule has 0 aliphatic rings. The zero-order valence-corrected chi connectivity index (χ0v) is 8.00. The summed E-state index contributed by atoms with van der Waals surface area (Å²) in [5.74, 6) is 0.210. The van der Waals surface area contributed by atoms with Gasteiger partial charge in [-0.15, -0.1) is 0 Å². The predicted molar refractivity (Wildman–Crippen MR) is 48.3 cm³/mol. The molecule has 0 aromatic carbocycles. The molecule has 4 nitrogen and oxygen atoms in total. The highest BCUT2D eigenvalue weighted by Gasteiger charge is 2.14. The van der Waals surface area contributed by atoms with Crippen LogP contribution in [-0.2, 0) is 4.74 Å². The van der Waals surface area contributed by atoms with Gasteiger partial charge in [0.2, 0.25) is 0 Å². The Morgan fingerprint density at radius 2 is 2.17 bits per heavy atom. The molecule has 0 fully saturated rings. The number of ether oxygens (including phenoxy) is 1. The molecular formula is C8H18N2O2. The normalized spacial score (nSPS) is 13.4. The standard InChI is InChI=1S/C8H18N2O2/c1-4-8(2,3)12-6-5-7(9)10-11/h11H,4-6H2,1-3H3,(H2,9,10). The molecule has 0 aromatic heterocycles. The molecule has 0 rings (SSSR count). The van der Waals surface area contributed by atoms with Gasteiger partial charge < -0.3 is 15.7 Å². The monoisotopic (exact) mass is 174 g/mol. The van der Waals surface area contributed by atoms with Crippen LogP contribution in [0.15, 0.2) is 5.16 Å². The summed E-state index contributed by atoms with van der Waals surface area (Å²) >= 11 is 0. The number of nitrogens with two attached hydrogens (primary N) is 1. The lowest BCUT2D eigenvalue weighted by Crippen LogP contribution is -2.25. The van der Waals surface area contributed by atoms with Crippen molar-refractivity contribution in [2.75, 3.05) is 6.61 Å². The van der Waals surface area contributed by atoms with Crippen molar-refractivity contribution in [2.45, 2.75) is 39.2 Å². The number of oxime groups is 1. The van der Waals surface area contributed by atoms with E-state index in [-0.39, 0.29) is 11.4 Å². The maximum absolute atomic E-state index is 8.23. The molecule has 0 radical (unpaired) electrons. The minimum absolute atomic E-state index is 0.115. The first kappa shape index (κ1) is 11.2. The number of nitrogens with zero attached hydrogens (tertiary/aromatic N) is 1. The predicted octanol–water partition coefficient (Wildman–Crippen LogP) is 1.33. The average molecular weight is 174 g/mol. The third kappa shape index (κ3) is 4.96. The van der Waals surface area contributed by atoms with Crippen LogP contribution in [-0.4, -0.2) is 23.3 Å². The van der Waals surface area contributed by atoms with Crippen LogP contribution in [0.25, 0.3) is 0 Å². The maximum Gasteiger partial charge on any atom is 0.141 e. The van der Waals surface area contributed by atoms with Gasteiger partial charge in [0.1, 0.15) is 5.84 Å². The maximum atomic E-state index is 8.23. The molecule has 12 heavy (non-hydrogen) atoms. The molecule has 0 saturated carbocycles. The van der Waals surface area contributed by atoms with Crippen molar-refractivity contribution in [1.82, 2.24) is 0 Å². The molecule has 0 heterocycles. The lowest BCUT2D eigenvalue weighted by atomic mass is 10.1. The first-order valence-electron chi connectivity index (χ1n) is 4.12. The van der Waals surface area contributed by atoms with Crippen molar-refractivity contribution in [2.24, 2.45) is 10.9 Å². The van der Waals surface area contributed by atoms with E-state index in [0.717, 1.165) is 6.42 Å². The van der Waals surface area contributed by atoms with Crippen molar-refractivity contribution < 1.29 is 9.94 Å². The third-order valence-electron chi connectivity index (χ3n) is 1.83. The van der Waals surface area contributed by atoms with Crippen molar-refractivity contribution >= 4 is 5.84 Å². The van der Waals surface area contributed by atoms with Gasteiger partial charge in [-0.25, -0.2) is 0 Å². The van der Waals surface area contributed by atoms with Gasteiger partial charge in [-0.1, -0.05) is 12.1 Å². The summed E-state index contributed by atoms with van der Waals surface area (Å²) in [4.78, 5) is 0. The summed E-state index contributed by atoms with van der Waals surface area (Å²) in [5.41, 5.74) is 5.15. The largest absolute Gasteiger partial charge is 0.409 e. The molecule has 0 aliphatic heterocycles. The van der Waals surface area contributed by atoms with E-state index in [2.05, 4.69) is 12.1 Å². The second kappa shape index (κ2) is 4.98. The number of rotatable bonds is 5. The Morgan fingerprint density at radius 3 is 2.58 bits per heavy atom. The van der Waals surface area contributed by atoms with Crippen molar-refractivity contribution in [1.29, 1.82) is 0 Å². The van der Waals surface area contributed by atoms with E-state index in [1.165, 1.54) is 0 Å². The van der Waals surface area contributed by atoms with E-state index in [1.807, 2.05) is 13.8 Å². The summed E-state index contributed by atoms with van der Waals surface area (Å²) in [7, 11) is 0. The SMILES string of the molecule is CCC(C)(C)OCC/C(N)=N/O. The Bertz CT molecular complexity index is 155. The molecule has 0 saturated heterocycles. The molecule has 0 amide bonds. The average Bonchev–Trinajstić information content (AvgIpc) is 2.04. The lowest BCUT2D eigenvalue weighted by Gasteiger charge is -2.23. The van der Waals surface area contributed by atoms with Crippen LogP contribution in [0.1, 0.15) is 33.6 Å². The second-order valence-electron chi connectivity index (χ2n) is 3.30. The van der Waals surface area contributed by atoms with Crippen LogP contribution < -0.4 is 5.73 Å². The highest BCUT2D eigenvalue weighted by atomic mass is 16.5. The number of amidine groups is 1. The van der Waals surface area contributed by atoms with E-state index >= 15 is 0 Å². The van der Waals surface area contributed by atoms with Gasteiger partial charge in [-0.2, -0.15) is 0 Å². The Morgan fingerprint density at radius 1 is 1.58 bits per heavy atom. The summed E-state index contributed by atoms with van der Waals surface area (Å²) in [6.45, 7) is 6.58. The molecule has 3 N–H and O–H groups in total.